The van der Waals surface area contributed by atoms with Crippen molar-refractivity contribution in [1.29, 1.82) is 0 Å². The predicted molar refractivity (Wildman–Crippen MR) is 113 cm³/mol. The molecule has 0 aliphatic heterocycles. The molecule has 0 radical (unpaired) electrons. The molecule has 0 fully saturated rings. The van der Waals surface area contributed by atoms with E-state index in [9.17, 15) is 4.79 Å². The van der Waals surface area contributed by atoms with Gasteiger partial charge in [0.1, 0.15) is 0 Å². The van der Waals surface area contributed by atoms with E-state index in [2.05, 4.69) is 38.9 Å². The Labute approximate surface area is 169 Å². The van der Waals surface area contributed by atoms with Gasteiger partial charge >= 0.3 is 0 Å². The number of hydrogen-bond acceptors (Lipinski definition) is 5. The van der Waals surface area contributed by atoms with E-state index in [1.54, 1.807) is 12.4 Å². The topological polar surface area (TPSA) is 72.7 Å². The van der Waals surface area contributed by atoms with Crippen LogP contribution in [-0.2, 0) is 11.3 Å². The van der Waals surface area contributed by atoms with E-state index < -0.39 is 0 Å². The minimum absolute atomic E-state index is 0.0549. The van der Waals surface area contributed by atoms with Gasteiger partial charge in [-0.05, 0) is 49.1 Å². The molecule has 7 heteroatoms. The monoisotopic (exact) mass is 395 g/mol. The van der Waals surface area contributed by atoms with Crippen molar-refractivity contribution in [2.75, 3.05) is 11.1 Å². The first-order chi connectivity index (χ1) is 13.5. The molecule has 2 heterocycles. The first kappa shape index (κ1) is 20.1. The summed E-state index contributed by atoms with van der Waals surface area (Å²) >= 11 is 1.40. The summed E-state index contributed by atoms with van der Waals surface area (Å²) in [5.41, 5.74) is 4.01. The van der Waals surface area contributed by atoms with Crippen molar-refractivity contribution >= 4 is 23.4 Å². The maximum Gasteiger partial charge on any atom is 0.234 e. The normalized spacial score (nSPS) is 11.0. The number of anilines is 1. The Kier molecular flexibility index (Phi) is 6.46. The number of aryl methyl sites for hydroxylation is 1. The van der Waals surface area contributed by atoms with Crippen molar-refractivity contribution in [1.82, 2.24) is 19.7 Å². The van der Waals surface area contributed by atoms with Crippen LogP contribution in [0.2, 0.25) is 0 Å². The average molecular weight is 396 g/mol. The van der Waals surface area contributed by atoms with Crippen LogP contribution in [0.3, 0.4) is 0 Å². The number of thioether (sulfide) groups is 1. The third kappa shape index (κ3) is 4.78. The van der Waals surface area contributed by atoms with Crippen LogP contribution in [-0.4, -0.2) is 31.4 Å². The molecule has 3 rings (SSSR count). The number of rotatable bonds is 7. The molecular formula is C21H25N5OS. The first-order valence-electron chi connectivity index (χ1n) is 9.28. The molecule has 0 unspecified atom stereocenters. The fourth-order valence-electron chi connectivity index (χ4n) is 2.84. The summed E-state index contributed by atoms with van der Waals surface area (Å²) in [6.07, 6.45) is 3.52. The standard InChI is InChI=1S/C21H25N5OS/c1-14(2)12-26-20(17-8-6-10-22-11-17)24-25-21(26)28-13-19(27)23-18-9-5-7-15(3)16(18)4/h5-11,14H,12-13H2,1-4H3,(H,23,27). The Morgan fingerprint density at radius 3 is 2.71 bits per heavy atom. The number of carbonyl (C=O) groups is 1. The Hall–Kier alpha value is -2.67. The quantitative estimate of drug-likeness (QED) is 0.602. The minimum Gasteiger partial charge on any atom is -0.325 e. The molecule has 6 nitrogen and oxygen atoms in total. The van der Waals surface area contributed by atoms with Gasteiger partial charge in [-0.3, -0.25) is 9.78 Å². The SMILES string of the molecule is Cc1cccc(NC(=O)CSc2nnc(-c3cccnc3)n2CC(C)C)c1C. The van der Waals surface area contributed by atoms with Crippen molar-refractivity contribution in [3.05, 3.63) is 53.9 Å². The Bertz CT molecular complexity index is 953. The molecule has 0 aliphatic carbocycles. The minimum atomic E-state index is -0.0549. The smallest absolute Gasteiger partial charge is 0.234 e. The lowest BCUT2D eigenvalue weighted by Gasteiger charge is -2.13. The maximum absolute atomic E-state index is 12.5. The molecule has 146 valence electrons. The predicted octanol–water partition coefficient (Wildman–Crippen LogP) is 4.34. The van der Waals surface area contributed by atoms with E-state index in [4.69, 9.17) is 0 Å². The zero-order valence-electron chi connectivity index (χ0n) is 16.6. The van der Waals surface area contributed by atoms with Gasteiger partial charge in [0.15, 0.2) is 11.0 Å². The third-order valence-corrected chi connectivity index (χ3v) is 5.36. The van der Waals surface area contributed by atoms with E-state index in [1.807, 2.05) is 44.2 Å². The van der Waals surface area contributed by atoms with Crippen molar-refractivity contribution in [3.63, 3.8) is 0 Å². The Morgan fingerprint density at radius 2 is 2.00 bits per heavy atom. The summed E-state index contributed by atoms with van der Waals surface area (Å²) in [4.78, 5) is 16.6. The van der Waals surface area contributed by atoms with Gasteiger partial charge in [-0.15, -0.1) is 10.2 Å². The molecule has 3 aromatic rings. The van der Waals surface area contributed by atoms with Gasteiger partial charge < -0.3 is 9.88 Å². The molecule has 0 bridgehead atoms. The molecule has 1 aromatic carbocycles. The van der Waals surface area contributed by atoms with Gasteiger partial charge in [0.2, 0.25) is 5.91 Å². The van der Waals surface area contributed by atoms with E-state index in [1.165, 1.54) is 11.8 Å². The van der Waals surface area contributed by atoms with Crippen LogP contribution in [0.4, 0.5) is 5.69 Å². The third-order valence-electron chi connectivity index (χ3n) is 4.40. The lowest BCUT2D eigenvalue weighted by molar-refractivity contribution is -0.113. The van der Waals surface area contributed by atoms with Crippen LogP contribution in [0, 0.1) is 19.8 Å². The van der Waals surface area contributed by atoms with Crippen molar-refractivity contribution in [3.8, 4) is 11.4 Å². The van der Waals surface area contributed by atoms with Gasteiger partial charge in [0.05, 0.1) is 5.75 Å². The molecule has 1 N–H and O–H groups in total. The first-order valence-corrected chi connectivity index (χ1v) is 10.3. The summed E-state index contributed by atoms with van der Waals surface area (Å²) < 4.78 is 2.07. The maximum atomic E-state index is 12.5. The van der Waals surface area contributed by atoms with E-state index in [-0.39, 0.29) is 11.7 Å². The van der Waals surface area contributed by atoms with Crippen LogP contribution < -0.4 is 5.32 Å². The molecule has 1 amide bonds. The highest BCUT2D eigenvalue weighted by molar-refractivity contribution is 7.99. The van der Waals surface area contributed by atoms with Gasteiger partial charge in [-0.2, -0.15) is 0 Å². The van der Waals surface area contributed by atoms with Crippen molar-refractivity contribution < 1.29 is 4.79 Å². The Balaban J connectivity index is 1.74. The second-order valence-corrected chi connectivity index (χ2v) is 8.08. The lowest BCUT2D eigenvalue weighted by atomic mass is 10.1. The zero-order valence-corrected chi connectivity index (χ0v) is 17.5. The van der Waals surface area contributed by atoms with E-state index in [0.29, 0.717) is 5.92 Å². The molecule has 28 heavy (non-hydrogen) atoms. The van der Waals surface area contributed by atoms with Crippen LogP contribution in [0.1, 0.15) is 25.0 Å². The molecule has 0 atom stereocenters. The lowest BCUT2D eigenvalue weighted by Crippen LogP contribution is -2.16. The van der Waals surface area contributed by atoms with Crippen LogP contribution in [0.5, 0.6) is 0 Å². The summed E-state index contributed by atoms with van der Waals surface area (Å²) in [5, 5.41) is 12.4. The molecule has 0 saturated heterocycles. The van der Waals surface area contributed by atoms with Crippen LogP contribution in [0.25, 0.3) is 11.4 Å². The number of aromatic nitrogens is 4. The van der Waals surface area contributed by atoms with Gasteiger partial charge in [0.25, 0.3) is 0 Å². The highest BCUT2D eigenvalue weighted by Crippen LogP contribution is 2.25. The average Bonchev–Trinajstić information content (AvgIpc) is 3.06. The molecular weight excluding hydrogens is 370 g/mol. The fourth-order valence-corrected chi connectivity index (χ4v) is 3.58. The summed E-state index contributed by atoms with van der Waals surface area (Å²) in [7, 11) is 0. The number of pyridine rings is 1. The second-order valence-electron chi connectivity index (χ2n) is 7.14. The number of amides is 1. The fraction of sp³-hybridized carbons (Fsp3) is 0.333. The number of nitrogens with one attached hydrogen (secondary N) is 1. The highest BCUT2D eigenvalue weighted by atomic mass is 32.2. The van der Waals surface area contributed by atoms with Crippen molar-refractivity contribution in [2.24, 2.45) is 5.92 Å². The van der Waals surface area contributed by atoms with Crippen LogP contribution in [0.15, 0.2) is 47.9 Å². The van der Waals surface area contributed by atoms with E-state index >= 15 is 0 Å². The number of benzene rings is 1. The summed E-state index contributed by atoms with van der Waals surface area (Å²) in [5.74, 6) is 1.42. The highest BCUT2D eigenvalue weighted by Gasteiger charge is 2.17. The Morgan fingerprint density at radius 1 is 1.18 bits per heavy atom. The molecule has 2 aromatic heterocycles. The van der Waals surface area contributed by atoms with Crippen molar-refractivity contribution in [2.45, 2.75) is 39.4 Å². The number of hydrogen-bond donors (Lipinski definition) is 1. The second kappa shape index (κ2) is 9.01. The van der Waals surface area contributed by atoms with Crippen LogP contribution >= 0.6 is 11.8 Å². The molecule has 0 aliphatic rings. The molecule has 0 saturated carbocycles. The summed E-state index contributed by atoms with van der Waals surface area (Å²) in [6, 6.07) is 9.76. The zero-order chi connectivity index (χ0) is 20.1. The van der Waals surface area contributed by atoms with Gasteiger partial charge in [-0.1, -0.05) is 37.7 Å². The van der Waals surface area contributed by atoms with Gasteiger partial charge in [0, 0.05) is 30.2 Å². The molecule has 0 spiro atoms. The van der Waals surface area contributed by atoms with Gasteiger partial charge in [-0.25, -0.2) is 0 Å². The number of carbonyl (C=O) groups excluding carboxylic acids is 1. The number of nitrogens with zero attached hydrogens (tertiary/aromatic N) is 4. The largest absolute Gasteiger partial charge is 0.325 e. The summed E-state index contributed by atoms with van der Waals surface area (Å²) in [6.45, 7) is 9.12. The van der Waals surface area contributed by atoms with E-state index in [0.717, 1.165) is 39.9 Å².